The third-order valence-corrected chi connectivity index (χ3v) is 3.71. The Hall–Kier alpha value is -1.01. The van der Waals surface area contributed by atoms with Gasteiger partial charge < -0.3 is 15.7 Å². The van der Waals surface area contributed by atoms with E-state index in [1.165, 1.54) is 0 Å². The molecule has 0 atom stereocenters. The molecular weight excluding hydrogens is 272 g/mol. The molecule has 1 aromatic rings. The molecule has 1 rings (SSSR count). The molecule has 0 fully saturated rings. The maximum Gasteiger partial charge on any atom is 0.132 e. The quantitative estimate of drug-likeness (QED) is 0.545. The number of rotatable bonds is 11. The molecule has 0 radical (unpaired) electrons. The second kappa shape index (κ2) is 10.7. The number of nitrogens with zero attached hydrogens (tertiary/aromatic N) is 2. The van der Waals surface area contributed by atoms with Crippen molar-refractivity contribution in [3.05, 3.63) is 11.9 Å². The Morgan fingerprint density at radius 1 is 1.10 bits per heavy atom. The number of aliphatic hydroxyl groups is 1. The van der Waals surface area contributed by atoms with E-state index in [9.17, 15) is 0 Å². The highest BCUT2D eigenvalue weighted by Crippen LogP contribution is 2.12. The lowest BCUT2D eigenvalue weighted by molar-refractivity contribution is 0.296. The van der Waals surface area contributed by atoms with Gasteiger partial charge in [0.15, 0.2) is 0 Å². The molecule has 0 saturated carbocycles. The molecule has 5 nitrogen and oxygen atoms in total. The van der Waals surface area contributed by atoms with E-state index in [-0.39, 0.29) is 6.61 Å². The molecule has 20 heavy (non-hydrogen) atoms. The van der Waals surface area contributed by atoms with Crippen molar-refractivity contribution in [1.82, 2.24) is 9.97 Å². The lowest BCUT2D eigenvalue weighted by Gasteiger charge is -2.10. The monoisotopic (exact) mass is 298 g/mol. The molecule has 6 heteroatoms. The number of anilines is 2. The minimum atomic E-state index is 0.276. The summed E-state index contributed by atoms with van der Waals surface area (Å²) in [4.78, 5) is 8.95. The number of hydrogen-bond donors (Lipinski definition) is 3. The first-order valence-electron chi connectivity index (χ1n) is 7.34. The van der Waals surface area contributed by atoms with Gasteiger partial charge in [0, 0.05) is 37.9 Å². The summed E-state index contributed by atoms with van der Waals surface area (Å²) in [7, 11) is 0. The number of nitrogens with one attached hydrogen (secondary N) is 2. The molecule has 114 valence electrons. The van der Waals surface area contributed by atoms with Crippen LogP contribution in [-0.2, 0) is 6.42 Å². The summed E-state index contributed by atoms with van der Waals surface area (Å²) < 4.78 is 0. The van der Waals surface area contributed by atoms with E-state index in [0.29, 0.717) is 0 Å². The van der Waals surface area contributed by atoms with Gasteiger partial charge in [-0.1, -0.05) is 13.8 Å². The minimum Gasteiger partial charge on any atom is -0.396 e. The molecule has 0 amide bonds. The summed E-state index contributed by atoms with van der Waals surface area (Å²) in [5, 5.41) is 15.3. The molecule has 0 spiro atoms. The first-order chi connectivity index (χ1) is 9.80. The van der Waals surface area contributed by atoms with E-state index in [2.05, 4.69) is 34.4 Å². The summed E-state index contributed by atoms with van der Waals surface area (Å²) in [6.07, 6.45) is 2.78. The van der Waals surface area contributed by atoms with Gasteiger partial charge in [-0.25, -0.2) is 9.97 Å². The second-order valence-corrected chi connectivity index (χ2v) is 5.68. The SMILES string of the molecule is CCCNc1cc(NCCSCCCO)nc(CC)n1. The first kappa shape index (κ1) is 17.0. The molecule has 0 aliphatic heterocycles. The van der Waals surface area contributed by atoms with Crippen molar-refractivity contribution in [1.29, 1.82) is 0 Å². The fraction of sp³-hybridized carbons (Fsp3) is 0.714. The molecule has 0 saturated heterocycles. The number of hydrogen-bond acceptors (Lipinski definition) is 6. The average Bonchev–Trinajstić information content (AvgIpc) is 2.48. The van der Waals surface area contributed by atoms with Gasteiger partial charge in [-0.15, -0.1) is 0 Å². The minimum absolute atomic E-state index is 0.276. The molecule has 3 N–H and O–H groups in total. The summed E-state index contributed by atoms with van der Waals surface area (Å²) in [5.74, 6) is 4.67. The normalized spacial score (nSPS) is 10.6. The standard InChI is InChI=1S/C14H26N4OS/c1-3-6-15-13-11-14(18-12(4-2)17-13)16-7-10-20-9-5-8-19/h11,19H,3-10H2,1-2H3,(H2,15,16,17,18). The van der Waals surface area contributed by atoms with E-state index < -0.39 is 0 Å². The largest absolute Gasteiger partial charge is 0.396 e. The molecule has 1 heterocycles. The fourth-order valence-electron chi connectivity index (χ4n) is 1.61. The topological polar surface area (TPSA) is 70.1 Å². The van der Waals surface area contributed by atoms with Crippen LogP contribution in [0.4, 0.5) is 11.6 Å². The third-order valence-electron chi connectivity index (χ3n) is 2.64. The zero-order chi connectivity index (χ0) is 14.6. The Bertz CT molecular complexity index is 376. The number of thioether (sulfide) groups is 1. The van der Waals surface area contributed by atoms with Gasteiger partial charge in [-0.2, -0.15) is 11.8 Å². The van der Waals surface area contributed by atoms with Gasteiger partial charge in [0.1, 0.15) is 17.5 Å². The van der Waals surface area contributed by atoms with Gasteiger partial charge in [0.25, 0.3) is 0 Å². The Morgan fingerprint density at radius 2 is 1.80 bits per heavy atom. The van der Waals surface area contributed by atoms with Gasteiger partial charge in [-0.05, 0) is 18.6 Å². The number of aromatic nitrogens is 2. The van der Waals surface area contributed by atoms with Gasteiger partial charge >= 0.3 is 0 Å². The first-order valence-corrected chi connectivity index (χ1v) is 8.49. The predicted octanol–water partition coefficient (Wildman–Crippen LogP) is 2.39. The van der Waals surface area contributed by atoms with E-state index >= 15 is 0 Å². The van der Waals surface area contributed by atoms with Crippen molar-refractivity contribution in [3.8, 4) is 0 Å². The van der Waals surface area contributed by atoms with Gasteiger partial charge in [0.05, 0.1) is 0 Å². The Kier molecular flexibility index (Phi) is 9.15. The molecule has 0 aliphatic rings. The van der Waals surface area contributed by atoms with Gasteiger partial charge in [-0.3, -0.25) is 0 Å². The summed E-state index contributed by atoms with van der Waals surface area (Å²) in [6.45, 7) is 6.28. The van der Waals surface area contributed by atoms with Crippen LogP contribution < -0.4 is 10.6 Å². The molecule has 0 aliphatic carbocycles. The van der Waals surface area contributed by atoms with Crippen LogP contribution in [0.5, 0.6) is 0 Å². The second-order valence-electron chi connectivity index (χ2n) is 4.45. The van der Waals surface area contributed by atoms with Crippen LogP contribution in [0.2, 0.25) is 0 Å². The third kappa shape index (κ3) is 6.96. The zero-order valence-electron chi connectivity index (χ0n) is 12.5. The highest BCUT2D eigenvalue weighted by atomic mass is 32.2. The molecular formula is C14H26N4OS. The van der Waals surface area contributed by atoms with Crippen molar-refractivity contribution in [2.24, 2.45) is 0 Å². The van der Waals surface area contributed by atoms with E-state index in [4.69, 9.17) is 5.11 Å². The maximum absolute atomic E-state index is 8.71. The molecule has 0 bridgehead atoms. The van der Waals surface area contributed by atoms with Crippen LogP contribution in [0, 0.1) is 0 Å². The number of aliphatic hydroxyl groups excluding tert-OH is 1. The summed E-state index contributed by atoms with van der Waals surface area (Å²) in [5.41, 5.74) is 0. The van der Waals surface area contributed by atoms with Crippen molar-refractivity contribution < 1.29 is 5.11 Å². The molecule has 0 aromatic carbocycles. The van der Waals surface area contributed by atoms with E-state index in [1.807, 2.05) is 17.8 Å². The van der Waals surface area contributed by atoms with Crippen molar-refractivity contribution in [2.75, 3.05) is 41.8 Å². The highest BCUT2D eigenvalue weighted by Gasteiger charge is 2.02. The van der Waals surface area contributed by atoms with Crippen LogP contribution >= 0.6 is 11.8 Å². The predicted molar refractivity (Wildman–Crippen MR) is 87.7 cm³/mol. The Balaban J connectivity index is 2.42. The van der Waals surface area contributed by atoms with Crippen LogP contribution in [0.25, 0.3) is 0 Å². The lowest BCUT2D eigenvalue weighted by Crippen LogP contribution is -2.10. The van der Waals surface area contributed by atoms with E-state index in [1.54, 1.807) is 0 Å². The Morgan fingerprint density at radius 3 is 2.40 bits per heavy atom. The maximum atomic E-state index is 8.71. The van der Waals surface area contributed by atoms with Crippen LogP contribution in [0.15, 0.2) is 6.07 Å². The smallest absolute Gasteiger partial charge is 0.132 e. The molecule has 0 unspecified atom stereocenters. The summed E-state index contributed by atoms with van der Waals surface area (Å²) in [6, 6.07) is 1.97. The molecule has 1 aromatic heterocycles. The van der Waals surface area contributed by atoms with Crippen molar-refractivity contribution >= 4 is 23.4 Å². The highest BCUT2D eigenvalue weighted by molar-refractivity contribution is 7.99. The number of aryl methyl sites for hydroxylation is 1. The van der Waals surface area contributed by atoms with Crippen molar-refractivity contribution in [3.63, 3.8) is 0 Å². The van der Waals surface area contributed by atoms with Crippen LogP contribution in [0.1, 0.15) is 32.5 Å². The average molecular weight is 298 g/mol. The zero-order valence-corrected chi connectivity index (χ0v) is 13.3. The van der Waals surface area contributed by atoms with Gasteiger partial charge in [0.2, 0.25) is 0 Å². The summed E-state index contributed by atoms with van der Waals surface area (Å²) >= 11 is 1.84. The van der Waals surface area contributed by atoms with E-state index in [0.717, 1.165) is 61.3 Å². The fourth-order valence-corrected chi connectivity index (χ4v) is 2.39. The van der Waals surface area contributed by atoms with Crippen molar-refractivity contribution in [2.45, 2.75) is 33.1 Å². The Labute approximate surface area is 126 Å². The van der Waals surface area contributed by atoms with Crippen LogP contribution in [-0.4, -0.2) is 46.3 Å². The van der Waals surface area contributed by atoms with Crippen LogP contribution in [0.3, 0.4) is 0 Å². The lowest BCUT2D eigenvalue weighted by atomic mass is 10.4.